The predicted molar refractivity (Wildman–Crippen MR) is 150 cm³/mol. The maximum absolute atomic E-state index is 10.7. The molecule has 0 saturated carbocycles. The molecule has 1 N–H and O–H groups in total. The first-order valence-corrected chi connectivity index (χ1v) is 12.8. The molecule has 7 heteroatoms. The van der Waals surface area contributed by atoms with Crippen molar-refractivity contribution in [2.75, 3.05) is 19.8 Å². The standard InChI is InChI=1S/C8H14O2.C6H12O.C6H10O.C5H10O2.C4H8O/c1-4-7(3)6-8(9)10-5-2;2*1-3-6(2)4-5-7;1-3-5(6)7-4-2;1-3-4(2)5/h6H,4-5H2,1-3H3;4,7H,3,5H2,1-2H3;4-5H,3H2,1-2H3;3-4H2,1-2H3;3H2,1-2H3/b7-6+;2*6-4+;;. The Balaban J connectivity index is -0.000000113. The first-order chi connectivity index (χ1) is 16.9. The van der Waals surface area contributed by atoms with E-state index in [0.29, 0.717) is 26.1 Å². The SMILES string of the molecule is CC/C(C)=C/C=O.CC/C(C)=C/CO.CCC(C)=O.CCOC(=O)/C=C(\C)CC.CCOC(=O)CC. The van der Waals surface area contributed by atoms with Gasteiger partial charge in [-0.3, -0.25) is 9.59 Å². The molecule has 0 heterocycles. The van der Waals surface area contributed by atoms with E-state index in [1.807, 2.05) is 47.6 Å². The van der Waals surface area contributed by atoms with Crippen molar-refractivity contribution in [1.29, 1.82) is 0 Å². The normalized spacial score (nSPS) is 10.4. The molecule has 0 rings (SSSR count). The van der Waals surface area contributed by atoms with Crippen molar-refractivity contribution >= 4 is 24.0 Å². The van der Waals surface area contributed by atoms with Crippen molar-refractivity contribution in [3.05, 3.63) is 34.9 Å². The number of aldehydes is 1. The summed E-state index contributed by atoms with van der Waals surface area (Å²) < 4.78 is 9.25. The predicted octanol–water partition coefficient (Wildman–Crippen LogP) is 6.73. The lowest BCUT2D eigenvalue weighted by molar-refractivity contribution is -0.142. The molecule has 0 spiro atoms. The second-order valence-corrected chi connectivity index (χ2v) is 7.40. The molecule has 0 fully saturated rings. The Kier molecular flexibility index (Phi) is 44.8. The van der Waals surface area contributed by atoms with Gasteiger partial charge < -0.3 is 19.4 Å². The average Bonchev–Trinajstić information content (AvgIpc) is 2.85. The number of carbonyl (C=O) groups is 4. The number of ether oxygens (including phenoxy) is 2. The highest BCUT2D eigenvalue weighted by Crippen LogP contribution is 1.98. The Hall–Kier alpha value is -2.54. The van der Waals surface area contributed by atoms with Crippen LogP contribution in [0.2, 0.25) is 0 Å². The van der Waals surface area contributed by atoms with Crippen molar-refractivity contribution < 1.29 is 33.8 Å². The van der Waals surface area contributed by atoms with Gasteiger partial charge in [-0.25, -0.2) is 4.79 Å². The number of hydrogen-bond acceptors (Lipinski definition) is 7. The van der Waals surface area contributed by atoms with Crippen LogP contribution >= 0.6 is 0 Å². The van der Waals surface area contributed by atoms with Crippen LogP contribution in [0.5, 0.6) is 0 Å². The summed E-state index contributed by atoms with van der Waals surface area (Å²) in [4.78, 5) is 40.4. The Labute approximate surface area is 221 Å². The van der Waals surface area contributed by atoms with Gasteiger partial charge in [-0.2, -0.15) is 0 Å². The monoisotopic (exact) mass is 514 g/mol. The van der Waals surface area contributed by atoms with Gasteiger partial charge in [-0.15, -0.1) is 0 Å². The minimum Gasteiger partial charge on any atom is -0.466 e. The third-order valence-corrected chi connectivity index (χ3v) is 4.21. The van der Waals surface area contributed by atoms with Gasteiger partial charge in [0.15, 0.2) is 0 Å². The zero-order valence-electron chi connectivity index (χ0n) is 24.9. The van der Waals surface area contributed by atoms with Gasteiger partial charge >= 0.3 is 11.9 Å². The molecule has 0 aliphatic rings. The van der Waals surface area contributed by atoms with Crippen LogP contribution in [0.15, 0.2) is 34.9 Å². The summed E-state index contributed by atoms with van der Waals surface area (Å²) in [6.45, 7) is 21.9. The third-order valence-electron chi connectivity index (χ3n) is 4.21. The van der Waals surface area contributed by atoms with E-state index >= 15 is 0 Å². The lowest BCUT2D eigenvalue weighted by Crippen LogP contribution is -2.00. The van der Waals surface area contributed by atoms with Crippen LogP contribution in [0.25, 0.3) is 0 Å². The number of ketones is 1. The summed E-state index contributed by atoms with van der Waals surface area (Å²) >= 11 is 0. The third kappa shape index (κ3) is 53.0. The highest BCUT2D eigenvalue weighted by atomic mass is 16.5. The summed E-state index contributed by atoms with van der Waals surface area (Å²) in [5, 5.41) is 8.29. The number of Topliss-reactive ketones (excluding diaryl/α,β-unsaturated/α-hetero) is 1. The van der Waals surface area contributed by atoms with Crippen LogP contribution in [0.3, 0.4) is 0 Å². The molecule has 0 aromatic carbocycles. The van der Waals surface area contributed by atoms with Crippen LogP contribution in [-0.4, -0.2) is 48.9 Å². The molecule has 0 bridgehead atoms. The molecule has 0 unspecified atom stereocenters. The van der Waals surface area contributed by atoms with Crippen molar-refractivity contribution in [2.45, 2.75) is 108 Å². The molecular weight excluding hydrogens is 460 g/mol. The fraction of sp³-hybridized carbons (Fsp3) is 0.655. The molecule has 0 aliphatic carbocycles. The highest BCUT2D eigenvalue weighted by molar-refractivity contribution is 5.82. The van der Waals surface area contributed by atoms with E-state index in [1.54, 1.807) is 33.8 Å². The number of aliphatic hydroxyl groups is 1. The van der Waals surface area contributed by atoms with Gasteiger partial charge in [0.2, 0.25) is 0 Å². The maximum atomic E-state index is 10.7. The van der Waals surface area contributed by atoms with Gasteiger partial charge in [0.25, 0.3) is 0 Å². The van der Waals surface area contributed by atoms with Crippen LogP contribution < -0.4 is 0 Å². The van der Waals surface area contributed by atoms with E-state index in [9.17, 15) is 19.2 Å². The van der Waals surface area contributed by atoms with Crippen molar-refractivity contribution in [3.63, 3.8) is 0 Å². The highest BCUT2D eigenvalue weighted by Gasteiger charge is 1.94. The molecule has 0 aromatic rings. The van der Waals surface area contributed by atoms with Crippen molar-refractivity contribution in [1.82, 2.24) is 0 Å². The molecular formula is C29H54O7. The zero-order valence-corrected chi connectivity index (χ0v) is 24.9. The van der Waals surface area contributed by atoms with Crippen LogP contribution in [0, 0.1) is 0 Å². The number of allylic oxidation sites excluding steroid dienone is 4. The molecule has 212 valence electrons. The van der Waals surface area contributed by atoms with Crippen LogP contribution in [0.1, 0.15) is 108 Å². The summed E-state index contributed by atoms with van der Waals surface area (Å²) in [6, 6.07) is 0. The molecule has 36 heavy (non-hydrogen) atoms. The molecule has 0 atom stereocenters. The van der Waals surface area contributed by atoms with Gasteiger partial charge in [0.1, 0.15) is 12.1 Å². The Morgan fingerprint density at radius 1 is 0.667 bits per heavy atom. The Morgan fingerprint density at radius 3 is 1.31 bits per heavy atom. The molecule has 0 saturated heterocycles. The minimum absolute atomic E-state index is 0.123. The second kappa shape index (κ2) is 37.0. The zero-order chi connectivity index (χ0) is 29.4. The number of rotatable bonds is 10. The van der Waals surface area contributed by atoms with E-state index in [1.165, 1.54) is 11.6 Å². The summed E-state index contributed by atoms with van der Waals surface area (Å²) in [5.41, 5.74) is 3.44. The fourth-order valence-corrected chi connectivity index (χ4v) is 1.28. The van der Waals surface area contributed by atoms with Gasteiger partial charge in [0, 0.05) is 18.9 Å². The summed E-state index contributed by atoms with van der Waals surface area (Å²) in [7, 11) is 0. The average molecular weight is 515 g/mol. The first kappa shape index (κ1) is 43.5. The van der Waals surface area contributed by atoms with Crippen molar-refractivity contribution in [2.24, 2.45) is 0 Å². The molecule has 0 aromatic heterocycles. The topological polar surface area (TPSA) is 107 Å². The number of aliphatic hydroxyl groups excluding tert-OH is 1. The van der Waals surface area contributed by atoms with Crippen molar-refractivity contribution in [3.8, 4) is 0 Å². The minimum atomic E-state index is -0.234. The number of esters is 2. The van der Waals surface area contributed by atoms with E-state index in [-0.39, 0.29) is 24.3 Å². The Morgan fingerprint density at radius 2 is 1.11 bits per heavy atom. The van der Waals surface area contributed by atoms with Gasteiger partial charge in [-0.05, 0) is 66.9 Å². The fourth-order valence-electron chi connectivity index (χ4n) is 1.28. The number of carbonyl (C=O) groups excluding carboxylic acids is 4. The van der Waals surface area contributed by atoms with Gasteiger partial charge in [0.05, 0.1) is 19.8 Å². The number of hydrogen-bond donors (Lipinski definition) is 1. The summed E-state index contributed by atoms with van der Waals surface area (Å²) in [6.07, 6.45) is 9.81. The lowest BCUT2D eigenvalue weighted by atomic mass is 10.2. The van der Waals surface area contributed by atoms with E-state index in [2.05, 4.69) is 11.7 Å². The maximum Gasteiger partial charge on any atom is 0.330 e. The van der Waals surface area contributed by atoms with E-state index in [4.69, 9.17) is 9.84 Å². The van der Waals surface area contributed by atoms with Gasteiger partial charge in [-0.1, -0.05) is 57.4 Å². The quantitative estimate of drug-likeness (QED) is 0.149. The largest absolute Gasteiger partial charge is 0.466 e. The van der Waals surface area contributed by atoms with Crippen LogP contribution in [-0.2, 0) is 28.7 Å². The molecule has 0 radical (unpaired) electrons. The van der Waals surface area contributed by atoms with E-state index < -0.39 is 0 Å². The summed E-state index contributed by atoms with van der Waals surface area (Å²) in [5.74, 6) is -0.102. The first-order valence-electron chi connectivity index (χ1n) is 12.8. The molecule has 0 amide bonds. The molecule has 0 aliphatic heterocycles. The Bertz CT molecular complexity index is 630. The van der Waals surface area contributed by atoms with Crippen LogP contribution in [0.4, 0.5) is 0 Å². The second-order valence-electron chi connectivity index (χ2n) is 7.40. The lowest BCUT2D eigenvalue weighted by Gasteiger charge is -1.96. The van der Waals surface area contributed by atoms with E-state index in [0.717, 1.165) is 36.7 Å². The smallest absolute Gasteiger partial charge is 0.330 e. The molecule has 7 nitrogen and oxygen atoms in total.